The summed E-state index contributed by atoms with van der Waals surface area (Å²) in [6, 6.07) is 8.49. The van der Waals surface area contributed by atoms with Crippen LogP contribution in [0.5, 0.6) is 5.75 Å². The van der Waals surface area contributed by atoms with Crippen LogP contribution < -0.4 is 4.74 Å². The average Bonchev–Trinajstić information content (AvgIpc) is 2.42. The fourth-order valence-corrected chi connectivity index (χ4v) is 2.50. The summed E-state index contributed by atoms with van der Waals surface area (Å²) in [5, 5.41) is 0. The molecule has 19 heavy (non-hydrogen) atoms. The summed E-state index contributed by atoms with van der Waals surface area (Å²) in [7, 11) is 0. The van der Waals surface area contributed by atoms with Crippen LogP contribution >= 0.6 is 0 Å². The third-order valence-electron chi connectivity index (χ3n) is 3.75. The first-order chi connectivity index (χ1) is 9.19. The highest BCUT2D eigenvalue weighted by Crippen LogP contribution is 2.20. The van der Waals surface area contributed by atoms with Crippen LogP contribution in [0.4, 0.5) is 0 Å². The zero-order valence-electron chi connectivity index (χ0n) is 11.8. The Morgan fingerprint density at radius 3 is 2.42 bits per heavy atom. The van der Waals surface area contributed by atoms with Crippen molar-refractivity contribution in [3.8, 4) is 5.75 Å². The molecule has 0 spiro atoms. The number of carbonyl (C=O) groups is 1. The second-order valence-electron chi connectivity index (χ2n) is 5.46. The summed E-state index contributed by atoms with van der Waals surface area (Å²) in [4.78, 5) is 12.9. The highest BCUT2D eigenvalue weighted by molar-refractivity contribution is 5.55. The van der Waals surface area contributed by atoms with Crippen molar-refractivity contribution in [3.05, 3.63) is 29.8 Å². The lowest BCUT2D eigenvalue weighted by Gasteiger charge is -2.34. The lowest BCUT2D eigenvalue weighted by atomic mass is 10.1. The van der Waals surface area contributed by atoms with Crippen molar-refractivity contribution >= 4 is 6.29 Å². The third-order valence-corrected chi connectivity index (χ3v) is 3.75. The van der Waals surface area contributed by atoms with E-state index in [1.807, 2.05) is 24.3 Å². The maximum atomic E-state index is 10.4. The van der Waals surface area contributed by atoms with Gasteiger partial charge in [0.05, 0.1) is 0 Å². The van der Waals surface area contributed by atoms with Gasteiger partial charge >= 0.3 is 0 Å². The Morgan fingerprint density at radius 1 is 1.26 bits per heavy atom. The third kappa shape index (κ3) is 4.06. The molecule has 1 aromatic carbocycles. The summed E-state index contributed by atoms with van der Waals surface area (Å²) < 4.78 is 6.00. The largest absolute Gasteiger partial charge is 0.490 e. The molecule has 104 valence electrons. The van der Waals surface area contributed by atoms with E-state index in [1.165, 1.54) is 0 Å². The molecule has 0 amide bonds. The molecule has 3 heteroatoms. The van der Waals surface area contributed by atoms with Crippen molar-refractivity contribution in [1.29, 1.82) is 0 Å². The number of piperidine rings is 1. The molecule has 0 unspecified atom stereocenters. The first kappa shape index (κ1) is 14.1. The monoisotopic (exact) mass is 261 g/mol. The molecular formula is C16H23NO2. The second-order valence-corrected chi connectivity index (χ2v) is 5.46. The van der Waals surface area contributed by atoms with Crippen molar-refractivity contribution in [2.45, 2.75) is 45.3 Å². The smallest absolute Gasteiger partial charge is 0.124 e. The zero-order valence-corrected chi connectivity index (χ0v) is 11.8. The maximum absolute atomic E-state index is 10.4. The first-order valence-electron chi connectivity index (χ1n) is 7.12. The summed E-state index contributed by atoms with van der Waals surface area (Å²) >= 11 is 0. The van der Waals surface area contributed by atoms with Crippen LogP contribution in [0.3, 0.4) is 0 Å². The number of ether oxygens (including phenoxy) is 1. The highest BCUT2D eigenvalue weighted by atomic mass is 16.5. The van der Waals surface area contributed by atoms with Crippen LogP contribution in [0.2, 0.25) is 0 Å². The number of rotatable bonds is 5. The molecule has 0 atom stereocenters. The van der Waals surface area contributed by atoms with Crippen LogP contribution in [0, 0.1) is 0 Å². The fraction of sp³-hybridized carbons (Fsp3) is 0.562. The molecule has 2 rings (SSSR count). The van der Waals surface area contributed by atoms with E-state index in [4.69, 9.17) is 4.74 Å². The Bertz CT molecular complexity index is 392. The second kappa shape index (κ2) is 6.71. The molecule has 1 fully saturated rings. The normalized spacial score (nSPS) is 17.6. The van der Waals surface area contributed by atoms with Gasteiger partial charge in [0.2, 0.25) is 0 Å². The number of likely N-dealkylation sites (tertiary alicyclic amines) is 1. The van der Waals surface area contributed by atoms with Gasteiger partial charge in [-0.25, -0.2) is 0 Å². The quantitative estimate of drug-likeness (QED) is 0.763. The topological polar surface area (TPSA) is 29.5 Å². The Hall–Kier alpha value is -1.35. The molecule has 0 saturated carbocycles. The van der Waals surface area contributed by atoms with Gasteiger partial charge < -0.3 is 14.4 Å². The predicted molar refractivity (Wildman–Crippen MR) is 76.6 cm³/mol. The number of hydrogen-bond donors (Lipinski definition) is 0. The number of hydrogen-bond acceptors (Lipinski definition) is 3. The van der Waals surface area contributed by atoms with Gasteiger partial charge in [0.1, 0.15) is 18.1 Å². The summed E-state index contributed by atoms with van der Waals surface area (Å²) in [5.74, 6) is 0.914. The number of benzene rings is 1. The molecule has 0 aromatic heterocycles. The van der Waals surface area contributed by atoms with Crippen molar-refractivity contribution in [3.63, 3.8) is 0 Å². The van der Waals surface area contributed by atoms with Crippen LogP contribution in [0.15, 0.2) is 24.3 Å². The zero-order chi connectivity index (χ0) is 13.7. The van der Waals surface area contributed by atoms with E-state index >= 15 is 0 Å². The molecule has 3 nitrogen and oxygen atoms in total. The van der Waals surface area contributed by atoms with Crippen molar-refractivity contribution in [1.82, 2.24) is 4.90 Å². The minimum atomic E-state index is 0.326. The molecule has 0 bridgehead atoms. The molecule has 0 radical (unpaired) electrons. The maximum Gasteiger partial charge on any atom is 0.124 e. The van der Waals surface area contributed by atoms with Gasteiger partial charge in [-0.15, -0.1) is 0 Å². The number of nitrogens with zero attached hydrogens (tertiary/aromatic N) is 1. The van der Waals surface area contributed by atoms with E-state index < -0.39 is 0 Å². The number of aldehydes is 1. The molecule has 0 N–H and O–H groups in total. The molecule has 1 aromatic rings. The van der Waals surface area contributed by atoms with Gasteiger partial charge in [0, 0.05) is 25.6 Å². The van der Waals surface area contributed by atoms with Crippen molar-refractivity contribution < 1.29 is 9.53 Å². The lowest BCUT2D eigenvalue weighted by Crippen LogP contribution is -2.41. The first-order valence-corrected chi connectivity index (χ1v) is 7.12. The summed E-state index contributed by atoms with van der Waals surface area (Å²) in [6.45, 7) is 6.72. The van der Waals surface area contributed by atoms with E-state index in [-0.39, 0.29) is 0 Å². The van der Waals surface area contributed by atoms with Gasteiger partial charge in [-0.2, -0.15) is 0 Å². The Morgan fingerprint density at radius 2 is 1.89 bits per heavy atom. The fourth-order valence-electron chi connectivity index (χ4n) is 2.50. The van der Waals surface area contributed by atoms with Crippen LogP contribution in [-0.2, 0) is 11.2 Å². The van der Waals surface area contributed by atoms with E-state index in [0.717, 1.165) is 43.5 Å². The number of carbonyl (C=O) groups excluding carboxylic acids is 1. The Labute approximate surface area is 115 Å². The van der Waals surface area contributed by atoms with Crippen LogP contribution in [0.1, 0.15) is 32.3 Å². The Kier molecular flexibility index (Phi) is 4.97. The molecule has 1 heterocycles. The van der Waals surface area contributed by atoms with E-state index in [2.05, 4.69) is 18.7 Å². The van der Waals surface area contributed by atoms with Gasteiger partial charge in [-0.3, -0.25) is 0 Å². The SMILES string of the molecule is CC(C)N1CCC(Oc2ccc(CC=O)cc2)CC1. The van der Waals surface area contributed by atoms with Gasteiger partial charge in [-0.05, 0) is 44.4 Å². The minimum absolute atomic E-state index is 0.326. The van der Waals surface area contributed by atoms with E-state index in [1.54, 1.807) is 0 Å². The molecule has 1 saturated heterocycles. The average molecular weight is 261 g/mol. The lowest BCUT2D eigenvalue weighted by molar-refractivity contribution is -0.107. The van der Waals surface area contributed by atoms with Crippen LogP contribution in [-0.4, -0.2) is 36.4 Å². The standard InChI is InChI=1S/C16H23NO2/c1-13(2)17-10-7-16(8-11-17)19-15-5-3-14(4-6-15)9-12-18/h3-6,12-13,16H,7-11H2,1-2H3. The van der Waals surface area contributed by atoms with Crippen molar-refractivity contribution in [2.24, 2.45) is 0 Å². The minimum Gasteiger partial charge on any atom is -0.490 e. The van der Waals surface area contributed by atoms with E-state index in [9.17, 15) is 4.79 Å². The molecule has 0 aliphatic carbocycles. The van der Waals surface area contributed by atoms with E-state index in [0.29, 0.717) is 18.6 Å². The highest BCUT2D eigenvalue weighted by Gasteiger charge is 2.21. The molecular weight excluding hydrogens is 238 g/mol. The summed E-state index contributed by atoms with van der Waals surface area (Å²) in [5.41, 5.74) is 1.04. The van der Waals surface area contributed by atoms with Crippen LogP contribution in [0.25, 0.3) is 0 Å². The Balaban J connectivity index is 1.83. The molecule has 1 aliphatic heterocycles. The predicted octanol–water partition coefficient (Wildman–Crippen LogP) is 2.68. The molecule has 1 aliphatic rings. The van der Waals surface area contributed by atoms with Gasteiger partial charge in [0.15, 0.2) is 0 Å². The van der Waals surface area contributed by atoms with Crippen molar-refractivity contribution in [2.75, 3.05) is 13.1 Å². The van der Waals surface area contributed by atoms with Gasteiger partial charge in [0.25, 0.3) is 0 Å². The van der Waals surface area contributed by atoms with Gasteiger partial charge in [-0.1, -0.05) is 12.1 Å². The summed E-state index contributed by atoms with van der Waals surface area (Å²) in [6.07, 6.45) is 3.92.